The third-order valence-electron chi connectivity index (χ3n) is 3.32. The number of rotatable bonds is 3. The van der Waals surface area contributed by atoms with E-state index in [0.29, 0.717) is 10.7 Å². The van der Waals surface area contributed by atoms with Gasteiger partial charge in [-0.1, -0.05) is 17.7 Å². The first-order chi connectivity index (χ1) is 10.6. The molecule has 0 saturated heterocycles. The summed E-state index contributed by atoms with van der Waals surface area (Å²) in [4.78, 5) is 20.9. The molecule has 0 saturated carbocycles. The predicted molar refractivity (Wildman–Crippen MR) is 89.2 cm³/mol. The summed E-state index contributed by atoms with van der Waals surface area (Å²) >= 11 is 1.41. The predicted octanol–water partition coefficient (Wildman–Crippen LogP) is 4.07. The van der Waals surface area contributed by atoms with Gasteiger partial charge in [-0.2, -0.15) is 0 Å². The molecule has 1 aromatic carbocycles. The van der Waals surface area contributed by atoms with Gasteiger partial charge in [0.2, 0.25) is 0 Å². The largest absolute Gasteiger partial charge is 0.298 e. The van der Waals surface area contributed by atoms with E-state index in [1.54, 1.807) is 12.4 Å². The van der Waals surface area contributed by atoms with E-state index in [1.807, 2.05) is 49.6 Å². The molecule has 22 heavy (non-hydrogen) atoms. The minimum Gasteiger partial charge on any atom is -0.298 e. The van der Waals surface area contributed by atoms with Crippen LogP contribution in [0, 0.1) is 13.8 Å². The summed E-state index contributed by atoms with van der Waals surface area (Å²) in [7, 11) is 0. The first kappa shape index (κ1) is 14.4. The molecule has 3 rings (SSSR count). The van der Waals surface area contributed by atoms with Crippen LogP contribution in [0.15, 0.2) is 48.1 Å². The molecule has 0 aliphatic rings. The first-order valence-corrected chi connectivity index (χ1v) is 7.76. The Balaban J connectivity index is 1.81. The molecule has 0 radical (unpaired) electrons. The summed E-state index contributed by atoms with van der Waals surface area (Å²) < 4.78 is 0. The lowest BCUT2D eigenvalue weighted by Crippen LogP contribution is -2.13. The number of carbonyl (C=O) groups excluding carboxylic acids is 1. The number of amides is 1. The van der Waals surface area contributed by atoms with Gasteiger partial charge in [-0.3, -0.25) is 15.1 Å². The van der Waals surface area contributed by atoms with Crippen molar-refractivity contribution in [1.29, 1.82) is 0 Å². The van der Waals surface area contributed by atoms with Crippen molar-refractivity contribution >= 4 is 22.4 Å². The Morgan fingerprint density at radius 2 is 2.09 bits per heavy atom. The lowest BCUT2D eigenvalue weighted by atomic mass is 10.1. The summed E-state index contributed by atoms with van der Waals surface area (Å²) in [6.07, 6.45) is 3.48. The fourth-order valence-corrected chi connectivity index (χ4v) is 2.84. The third-order valence-corrected chi connectivity index (χ3v) is 4.08. The first-order valence-electron chi connectivity index (χ1n) is 6.88. The standard InChI is InChI=1S/C17H15N3OS/c1-11-5-6-12(2)14(8-11)16(21)20-17-19-15(10-22-17)13-4-3-7-18-9-13/h3-10H,1-2H3,(H,19,20,21). The summed E-state index contributed by atoms with van der Waals surface area (Å²) in [5.41, 5.74) is 4.44. The zero-order valence-corrected chi connectivity index (χ0v) is 13.1. The Kier molecular flexibility index (Phi) is 3.98. The Labute approximate surface area is 132 Å². The highest BCUT2D eigenvalue weighted by molar-refractivity contribution is 7.14. The van der Waals surface area contributed by atoms with Gasteiger partial charge in [0.15, 0.2) is 5.13 Å². The Morgan fingerprint density at radius 3 is 2.86 bits per heavy atom. The molecule has 2 heterocycles. The van der Waals surface area contributed by atoms with E-state index in [-0.39, 0.29) is 5.91 Å². The summed E-state index contributed by atoms with van der Waals surface area (Å²) in [6, 6.07) is 9.64. The van der Waals surface area contributed by atoms with E-state index >= 15 is 0 Å². The lowest BCUT2D eigenvalue weighted by Gasteiger charge is -2.06. The van der Waals surface area contributed by atoms with Crippen molar-refractivity contribution < 1.29 is 4.79 Å². The number of pyridine rings is 1. The monoisotopic (exact) mass is 309 g/mol. The maximum atomic E-state index is 12.4. The van der Waals surface area contributed by atoms with Crippen LogP contribution in [-0.2, 0) is 0 Å². The summed E-state index contributed by atoms with van der Waals surface area (Å²) in [5.74, 6) is -0.131. The maximum absolute atomic E-state index is 12.4. The molecule has 110 valence electrons. The average Bonchev–Trinajstić information content (AvgIpc) is 2.99. The number of thiazole rings is 1. The van der Waals surface area contributed by atoms with Crippen LogP contribution in [-0.4, -0.2) is 15.9 Å². The Morgan fingerprint density at radius 1 is 1.23 bits per heavy atom. The van der Waals surface area contributed by atoms with Gasteiger partial charge in [-0.15, -0.1) is 11.3 Å². The van der Waals surface area contributed by atoms with Crippen LogP contribution in [0.4, 0.5) is 5.13 Å². The number of anilines is 1. The van der Waals surface area contributed by atoms with Crippen LogP contribution in [0.3, 0.4) is 0 Å². The fraction of sp³-hybridized carbons (Fsp3) is 0.118. The number of nitrogens with one attached hydrogen (secondary N) is 1. The van der Waals surface area contributed by atoms with Crippen molar-refractivity contribution in [3.8, 4) is 11.3 Å². The molecule has 3 aromatic rings. The number of benzene rings is 1. The van der Waals surface area contributed by atoms with Gasteiger partial charge in [0.05, 0.1) is 5.69 Å². The highest BCUT2D eigenvalue weighted by atomic mass is 32.1. The van der Waals surface area contributed by atoms with Crippen LogP contribution in [0.2, 0.25) is 0 Å². The fourth-order valence-electron chi connectivity index (χ4n) is 2.12. The molecule has 0 bridgehead atoms. The second kappa shape index (κ2) is 6.07. The van der Waals surface area contributed by atoms with Crippen LogP contribution in [0.5, 0.6) is 0 Å². The second-order valence-corrected chi connectivity index (χ2v) is 5.91. The van der Waals surface area contributed by atoms with E-state index in [4.69, 9.17) is 0 Å². The van der Waals surface area contributed by atoms with Crippen LogP contribution < -0.4 is 5.32 Å². The van der Waals surface area contributed by atoms with Gasteiger partial charge in [0.1, 0.15) is 0 Å². The van der Waals surface area contributed by atoms with E-state index in [0.717, 1.165) is 22.4 Å². The Bertz CT molecular complexity index is 812. The smallest absolute Gasteiger partial charge is 0.257 e. The van der Waals surface area contributed by atoms with Gasteiger partial charge in [-0.05, 0) is 37.6 Å². The van der Waals surface area contributed by atoms with Gasteiger partial charge >= 0.3 is 0 Å². The molecular weight excluding hydrogens is 294 g/mol. The number of aryl methyl sites for hydroxylation is 2. The van der Waals surface area contributed by atoms with Crippen LogP contribution in [0.25, 0.3) is 11.3 Å². The summed E-state index contributed by atoms with van der Waals surface area (Å²) in [5, 5.41) is 5.36. The second-order valence-electron chi connectivity index (χ2n) is 5.05. The molecule has 4 nitrogen and oxygen atoms in total. The minimum atomic E-state index is -0.131. The van der Waals surface area contributed by atoms with Gasteiger partial charge in [0.25, 0.3) is 5.91 Å². The number of hydrogen-bond acceptors (Lipinski definition) is 4. The molecule has 0 atom stereocenters. The zero-order valence-electron chi connectivity index (χ0n) is 12.3. The normalized spacial score (nSPS) is 10.5. The molecule has 0 unspecified atom stereocenters. The molecule has 0 aliphatic heterocycles. The number of aromatic nitrogens is 2. The molecule has 0 spiro atoms. The van der Waals surface area contributed by atoms with E-state index in [9.17, 15) is 4.79 Å². The average molecular weight is 309 g/mol. The molecular formula is C17H15N3OS. The molecule has 2 aromatic heterocycles. The number of hydrogen-bond donors (Lipinski definition) is 1. The van der Waals surface area contributed by atoms with Crippen molar-refractivity contribution in [3.05, 3.63) is 64.8 Å². The van der Waals surface area contributed by atoms with Crippen molar-refractivity contribution in [1.82, 2.24) is 9.97 Å². The van der Waals surface area contributed by atoms with Crippen molar-refractivity contribution in [2.45, 2.75) is 13.8 Å². The highest BCUT2D eigenvalue weighted by Crippen LogP contribution is 2.24. The van der Waals surface area contributed by atoms with Gasteiger partial charge in [-0.25, -0.2) is 4.98 Å². The van der Waals surface area contributed by atoms with Crippen LogP contribution in [0.1, 0.15) is 21.5 Å². The quantitative estimate of drug-likeness (QED) is 0.793. The van der Waals surface area contributed by atoms with Gasteiger partial charge < -0.3 is 0 Å². The summed E-state index contributed by atoms with van der Waals surface area (Å²) in [6.45, 7) is 3.90. The van der Waals surface area contributed by atoms with E-state index in [2.05, 4.69) is 15.3 Å². The van der Waals surface area contributed by atoms with E-state index in [1.165, 1.54) is 11.3 Å². The number of nitrogens with zero attached hydrogens (tertiary/aromatic N) is 2. The zero-order chi connectivity index (χ0) is 15.5. The number of carbonyl (C=O) groups is 1. The van der Waals surface area contributed by atoms with Crippen molar-refractivity contribution in [3.63, 3.8) is 0 Å². The molecule has 1 amide bonds. The lowest BCUT2D eigenvalue weighted by molar-refractivity contribution is 0.102. The highest BCUT2D eigenvalue weighted by Gasteiger charge is 2.12. The third kappa shape index (κ3) is 3.04. The molecule has 0 fully saturated rings. The molecule has 1 N–H and O–H groups in total. The Hall–Kier alpha value is -2.53. The molecule has 5 heteroatoms. The van der Waals surface area contributed by atoms with Crippen molar-refractivity contribution in [2.24, 2.45) is 0 Å². The minimum absolute atomic E-state index is 0.131. The van der Waals surface area contributed by atoms with Crippen molar-refractivity contribution in [2.75, 3.05) is 5.32 Å². The maximum Gasteiger partial charge on any atom is 0.257 e. The van der Waals surface area contributed by atoms with E-state index < -0.39 is 0 Å². The topological polar surface area (TPSA) is 54.9 Å². The molecule has 0 aliphatic carbocycles. The van der Waals surface area contributed by atoms with Gasteiger partial charge in [0, 0.05) is 28.9 Å². The SMILES string of the molecule is Cc1ccc(C)c(C(=O)Nc2nc(-c3cccnc3)cs2)c1. The van der Waals surface area contributed by atoms with Crippen LogP contribution >= 0.6 is 11.3 Å².